The van der Waals surface area contributed by atoms with E-state index in [0.717, 1.165) is 17.3 Å². The third kappa shape index (κ3) is 5.13. The summed E-state index contributed by atoms with van der Waals surface area (Å²) in [5.41, 5.74) is 1.93. The largest absolute Gasteiger partial charge is 0.497 e. The summed E-state index contributed by atoms with van der Waals surface area (Å²) in [5.74, 6) is 0.666. The smallest absolute Gasteiger partial charge is 0.234 e. The Morgan fingerprint density at radius 1 is 1.13 bits per heavy atom. The van der Waals surface area contributed by atoms with E-state index in [1.54, 1.807) is 50.6 Å². The van der Waals surface area contributed by atoms with Gasteiger partial charge in [0.2, 0.25) is 11.8 Å². The molecule has 154 valence electrons. The van der Waals surface area contributed by atoms with Crippen LogP contribution in [0.5, 0.6) is 11.5 Å². The lowest BCUT2D eigenvalue weighted by atomic mass is 9.87. The van der Waals surface area contributed by atoms with Gasteiger partial charge in [0.15, 0.2) is 0 Å². The third-order valence-electron chi connectivity index (χ3n) is 4.60. The number of nitrogens with zero attached hydrogens (tertiary/aromatic N) is 1. The topological polar surface area (TPSA) is 100 Å². The van der Waals surface area contributed by atoms with E-state index in [-0.39, 0.29) is 29.9 Å². The van der Waals surface area contributed by atoms with Crippen LogP contribution in [0.2, 0.25) is 0 Å². The molecule has 8 heteroatoms. The van der Waals surface area contributed by atoms with E-state index < -0.39 is 0 Å². The maximum absolute atomic E-state index is 12.3. The van der Waals surface area contributed by atoms with Gasteiger partial charge in [-0.15, -0.1) is 0 Å². The minimum atomic E-state index is -0.359. The molecule has 2 amide bonds. The van der Waals surface area contributed by atoms with Crippen LogP contribution >= 0.6 is 11.8 Å². The monoisotopic (exact) mass is 423 g/mol. The Hall–Kier alpha value is -3.44. The van der Waals surface area contributed by atoms with Crippen LogP contribution in [-0.4, -0.2) is 31.8 Å². The van der Waals surface area contributed by atoms with Crippen LogP contribution in [0.15, 0.2) is 59.1 Å². The number of methoxy groups -OCH3 is 2. The minimum Gasteiger partial charge on any atom is -0.497 e. The second kappa shape index (κ2) is 9.85. The standard InChI is InChI=1S/C22H21N3O4S/c1-28-16-7-3-14(4-8-16)18-11-20(26)25-22(19(18)12-23)30-13-21(27)24-15-5-9-17(29-2)10-6-15/h3-10,18H,11,13H2,1-2H3,(H,24,27)(H,25,26)/t18-/m1/s1. The van der Waals surface area contributed by atoms with E-state index in [2.05, 4.69) is 16.7 Å². The molecule has 1 aliphatic heterocycles. The van der Waals surface area contributed by atoms with Crippen molar-refractivity contribution in [2.45, 2.75) is 12.3 Å². The molecular formula is C22H21N3O4S. The molecule has 0 aliphatic carbocycles. The van der Waals surface area contributed by atoms with Gasteiger partial charge in [0.25, 0.3) is 0 Å². The third-order valence-corrected chi connectivity index (χ3v) is 5.61. The number of carbonyl (C=O) groups excluding carboxylic acids is 2. The lowest BCUT2D eigenvalue weighted by Crippen LogP contribution is -2.31. The predicted octanol–water partition coefficient (Wildman–Crippen LogP) is 3.41. The van der Waals surface area contributed by atoms with E-state index in [1.165, 1.54) is 0 Å². The highest BCUT2D eigenvalue weighted by Crippen LogP contribution is 2.36. The van der Waals surface area contributed by atoms with Gasteiger partial charge in [-0.1, -0.05) is 23.9 Å². The first-order valence-electron chi connectivity index (χ1n) is 9.18. The molecule has 0 aromatic heterocycles. The van der Waals surface area contributed by atoms with Crippen molar-refractivity contribution in [2.24, 2.45) is 0 Å². The van der Waals surface area contributed by atoms with Crippen molar-refractivity contribution in [1.29, 1.82) is 5.26 Å². The fraction of sp³-hybridized carbons (Fsp3) is 0.227. The summed E-state index contributed by atoms with van der Waals surface area (Å²) >= 11 is 1.14. The van der Waals surface area contributed by atoms with Crippen LogP contribution in [0, 0.1) is 11.3 Å². The molecule has 1 aliphatic rings. The van der Waals surface area contributed by atoms with E-state index in [9.17, 15) is 14.9 Å². The first-order chi connectivity index (χ1) is 14.5. The number of amides is 2. The number of nitriles is 1. The molecule has 0 saturated carbocycles. The van der Waals surface area contributed by atoms with Gasteiger partial charge in [-0.3, -0.25) is 9.59 Å². The molecule has 7 nitrogen and oxygen atoms in total. The number of ether oxygens (including phenoxy) is 2. The predicted molar refractivity (Wildman–Crippen MR) is 115 cm³/mol. The summed E-state index contributed by atoms with van der Waals surface area (Å²) in [4.78, 5) is 24.5. The quantitative estimate of drug-likeness (QED) is 0.708. The number of rotatable bonds is 7. The zero-order chi connectivity index (χ0) is 21.5. The molecule has 1 heterocycles. The number of hydrogen-bond acceptors (Lipinski definition) is 6. The van der Waals surface area contributed by atoms with Crippen molar-refractivity contribution in [3.63, 3.8) is 0 Å². The van der Waals surface area contributed by atoms with Crippen molar-refractivity contribution in [3.8, 4) is 17.6 Å². The molecule has 0 bridgehead atoms. The Kier molecular flexibility index (Phi) is 6.99. The van der Waals surface area contributed by atoms with Gasteiger partial charge in [0, 0.05) is 18.0 Å². The molecule has 2 aromatic rings. The second-order valence-electron chi connectivity index (χ2n) is 6.50. The number of hydrogen-bond donors (Lipinski definition) is 2. The molecule has 2 N–H and O–H groups in total. The lowest BCUT2D eigenvalue weighted by molar-refractivity contribution is -0.121. The number of benzene rings is 2. The number of carbonyl (C=O) groups is 2. The normalized spacial score (nSPS) is 15.8. The van der Waals surface area contributed by atoms with Crippen LogP contribution in [-0.2, 0) is 9.59 Å². The maximum atomic E-state index is 12.3. The fourth-order valence-corrected chi connectivity index (χ4v) is 3.94. The molecule has 30 heavy (non-hydrogen) atoms. The average molecular weight is 423 g/mol. The molecule has 0 unspecified atom stereocenters. The summed E-state index contributed by atoms with van der Waals surface area (Å²) in [6, 6.07) is 16.5. The van der Waals surface area contributed by atoms with Crippen LogP contribution in [0.3, 0.4) is 0 Å². The first-order valence-corrected chi connectivity index (χ1v) is 10.2. The second-order valence-corrected chi connectivity index (χ2v) is 7.48. The van der Waals surface area contributed by atoms with Gasteiger partial charge in [0.05, 0.1) is 36.6 Å². The number of thioether (sulfide) groups is 1. The van der Waals surface area contributed by atoms with Gasteiger partial charge >= 0.3 is 0 Å². The first kappa shape index (κ1) is 21.3. The average Bonchev–Trinajstić information content (AvgIpc) is 2.78. The van der Waals surface area contributed by atoms with E-state index in [1.807, 2.05) is 12.1 Å². The van der Waals surface area contributed by atoms with Gasteiger partial charge in [-0.25, -0.2) is 0 Å². The Balaban J connectivity index is 1.71. The van der Waals surface area contributed by atoms with Gasteiger partial charge in [0.1, 0.15) is 11.5 Å². The summed E-state index contributed by atoms with van der Waals surface area (Å²) in [5, 5.41) is 15.7. The zero-order valence-corrected chi connectivity index (χ0v) is 17.4. The van der Waals surface area contributed by atoms with Gasteiger partial charge in [-0.2, -0.15) is 5.26 Å². The highest BCUT2D eigenvalue weighted by atomic mass is 32.2. The SMILES string of the molecule is COc1ccc(NC(=O)CSC2=C(C#N)[C@@H](c3ccc(OC)cc3)CC(=O)N2)cc1. The maximum Gasteiger partial charge on any atom is 0.234 e. The molecule has 1 atom stereocenters. The number of anilines is 1. The summed E-state index contributed by atoms with van der Waals surface area (Å²) in [6.07, 6.45) is 0.178. The van der Waals surface area contributed by atoms with E-state index in [4.69, 9.17) is 9.47 Å². The fourth-order valence-electron chi connectivity index (χ4n) is 3.06. The van der Waals surface area contributed by atoms with E-state index >= 15 is 0 Å². The van der Waals surface area contributed by atoms with Crippen LogP contribution < -0.4 is 20.1 Å². The summed E-state index contributed by atoms with van der Waals surface area (Å²) < 4.78 is 10.3. The van der Waals surface area contributed by atoms with Crippen molar-refractivity contribution in [2.75, 3.05) is 25.3 Å². The Labute approximate surface area is 179 Å². The van der Waals surface area contributed by atoms with Crippen LogP contribution in [0.1, 0.15) is 17.9 Å². The molecule has 0 saturated heterocycles. The lowest BCUT2D eigenvalue weighted by Gasteiger charge is -2.25. The molecule has 2 aromatic carbocycles. The Bertz CT molecular complexity index is 995. The van der Waals surface area contributed by atoms with Crippen LogP contribution in [0.25, 0.3) is 0 Å². The number of allylic oxidation sites excluding steroid dienone is 1. The molecule has 0 radical (unpaired) electrons. The Morgan fingerprint density at radius 2 is 1.73 bits per heavy atom. The van der Waals surface area contributed by atoms with Crippen molar-refractivity contribution < 1.29 is 19.1 Å². The minimum absolute atomic E-state index is 0.0577. The molecular weight excluding hydrogens is 402 g/mol. The van der Waals surface area contributed by atoms with Crippen molar-refractivity contribution >= 4 is 29.3 Å². The highest BCUT2D eigenvalue weighted by Gasteiger charge is 2.29. The van der Waals surface area contributed by atoms with Crippen LogP contribution in [0.4, 0.5) is 5.69 Å². The Morgan fingerprint density at radius 3 is 2.30 bits per heavy atom. The van der Waals surface area contributed by atoms with Crippen molar-refractivity contribution in [3.05, 3.63) is 64.7 Å². The van der Waals surface area contributed by atoms with Gasteiger partial charge in [-0.05, 0) is 42.0 Å². The van der Waals surface area contributed by atoms with E-state index in [0.29, 0.717) is 27.8 Å². The summed E-state index contributed by atoms with van der Waals surface area (Å²) in [7, 11) is 3.15. The zero-order valence-electron chi connectivity index (χ0n) is 16.6. The highest BCUT2D eigenvalue weighted by molar-refractivity contribution is 8.03. The molecule has 3 rings (SSSR count). The number of nitrogens with one attached hydrogen (secondary N) is 2. The van der Waals surface area contributed by atoms with Gasteiger partial charge < -0.3 is 20.1 Å². The molecule has 0 fully saturated rings. The molecule has 0 spiro atoms. The van der Waals surface area contributed by atoms with Crippen molar-refractivity contribution in [1.82, 2.24) is 5.32 Å². The summed E-state index contributed by atoms with van der Waals surface area (Å²) in [6.45, 7) is 0.